The van der Waals surface area contributed by atoms with Crippen LogP contribution in [0.2, 0.25) is 0 Å². The minimum Gasteiger partial charge on any atom is -0.493 e. The van der Waals surface area contributed by atoms with Crippen LogP contribution in [0.25, 0.3) is 10.6 Å². The van der Waals surface area contributed by atoms with E-state index in [1.807, 2.05) is 31.2 Å². The zero-order valence-corrected chi connectivity index (χ0v) is 12.5. The number of thiazole rings is 1. The van der Waals surface area contributed by atoms with Gasteiger partial charge in [0.2, 0.25) is 0 Å². The minimum absolute atomic E-state index is 0.536. The number of hydrogen-bond acceptors (Lipinski definition) is 4. The van der Waals surface area contributed by atoms with Gasteiger partial charge in [-0.05, 0) is 37.1 Å². The number of benzene rings is 1. The Morgan fingerprint density at radius 1 is 1.26 bits per heavy atom. The molecule has 102 valence electrons. The molecule has 4 heteroatoms. The van der Waals surface area contributed by atoms with Crippen molar-refractivity contribution >= 4 is 11.3 Å². The van der Waals surface area contributed by atoms with Gasteiger partial charge in [0.05, 0.1) is 12.3 Å². The van der Waals surface area contributed by atoms with Crippen molar-refractivity contribution in [1.29, 1.82) is 0 Å². The average molecular weight is 276 g/mol. The van der Waals surface area contributed by atoms with E-state index in [0.29, 0.717) is 12.5 Å². The van der Waals surface area contributed by atoms with Crippen molar-refractivity contribution in [3.8, 4) is 16.3 Å². The van der Waals surface area contributed by atoms with Crippen molar-refractivity contribution in [3.05, 3.63) is 34.8 Å². The average Bonchev–Trinajstić information content (AvgIpc) is 2.78. The first-order chi connectivity index (χ1) is 9.10. The lowest BCUT2D eigenvalue weighted by Crippen LogP contribution is -2.04. The highest BCUT2D eigenvalue weighted by Gasteiger charge is 2.08. The summed E-state index contributed by atoms with van der Waals surface area (Å²) in [6, 6.07) is 8.09. The van der Waals surface area contributed by atoms with Crippen LogP contribution in [0, 0.1) is 12.8 Å². The highest BCUT2D eigenvalue weighted by molar-refractivity contribution is 7.15. The molecular weight excluding hydrogens is 256 g/mol. The lowest BCUT2D eigenvalue weighted by molar-refractivity contribution is 0.271. The summed E-state index contributed by atoms with van der Waals surface area (Å²) in [6.45, 7) is 7.58. The third-order valence-corrected chi connectivity index (χ3v) is 3.99. The van der Waals surface area contributed by atoms with Crippen molar-refractivity contribution in [2.75, 3.05) is 6.61 Å². The number of rotatable bonds is 5. The maximum absolute atomic E-state index is 5.68. The first-order valence-electron chi connectivity index (χ1n) is 6.49. The molecule has 0 aliphatic carbocycles. The Hall–Kier alpha value is -1.39. The summed E-state index contributed by atoms with van der Waals surface area (Å²) in [5.41, 5.74) is 7.83. The molecule has 0 amide bonds. The fraction of sp³-hybridized carbons (Fsp3) is 0.400. The van der Waals surface area contributed by atoms with Gasteiger partial charge in [-0.2, -0.15) is 0 Å². The van der Waals surface area contributed by atoms with Crippen molar-refractivity contribution in [3.63, 3.8) is 0 Å². The third kappa shape index (κ3) is 3.55. The molecule has 0 atom stereocenters. The van der Waals surface area contributed by atoms with Gasteiger partial charge >= 0.3 is 0 Å². The number of ether oxygens (including phenoxy) is 1. The maximum atomic E-state index is 5.68. The van der Waals surface area contributed by atoms with Gasteiger partial charge in [-0.1, -0.05) is 13.8 Å². The number of hydrogen-bond donors (Lipinski definition) is 1. The van der Waals surface area contributed by atoms with Crippen LogP contribution in [0.5, 0.6) is 5.75 Å². The Balaban J connectivity index is 2.13. The second kappa shape index (κ2) is 6.17. The van der Waals surface area contributed by atoms with Crippen molar-refractivity contribution in [2.45, 2.75) is 27.3 Å². The Kier molecular flexibility index (Phi) is 4.56. The lowest BCUT2D eigenvalue weighted by Gasteiger charge is -2.08. The standard InChI is InChI=1S/C15H20N2OS/c1-10(2)9-18-13-6-4-12(5-7-13)15-17-11(3)14(8-16)19-15/h4-7,10H,8-9,16H2,1-3H3. The number of aromatic nitrogens is 1. The monoisotopic (exact) mass is 276 g/mol. The predicted molar refractivity (Wildman–Crippen MR) is 80.5 cm³/mol. The van der Waals surface area contributed by atoms with E-state index >= 15 is 0 Å². The van der Waals surface area contributed by atoms with E-state index in [0.717, 1.165) is 33.5 Å². The molecule has 19 heavy (non-hydrogen) atoms. The topological polar surface area (TPSA) is 48.1 Å². The van der Waals surface area contributed by atoms with Crippen LogP contribution >= 0.6 is 11.3 Å². The van der Waals surface area contributed by atoms with Crippen LogP contribution in [0.15, 0.2) is 24.3 Å². The minimum atomic E-state index is 0.536. The quantitative estimate of drug-likeness (QED) is 0.907. The van der Waals surface area contributed by atoms with E-state index in [2.05, 4.69) is 18.8 Å². The van der Waals surface area contributed by atoms with Crippen LogP contribution in [-0.4, -0.2) is 11.6 Å². The molecule has 0 spiro atoms. The zero-order valence-electron chi connectivity index (χ0n) is 11.6. The largest absolute Gasteiger partial charge is 0.493 e. The summed E-state index contributed by atoms with van der Waals surface area (Å²) >= 11 is 1.66. The summed E-state index contributed by atoms with van der Waals surface area (Å²) in [6.07, 6.45) is 0. The summed E-state index contributed by atoms with van der Waals surface area (Å²) < 4.78 is 5.67. The van der Waals surface area contributed by atoms with Crippen LogP contribution < -0.4 is 10.5 Å². The molecule has 0 saturated heterocycles. The van der Waals surface area contributed by atoms with E-state index in [4.69, 9.17) is 10.5 Å². The molecule has 0 saturated carbocycles. The zero-order chi connectivity index (χ0) is 13.8. The third-order valence-electron chi connectivity index (χ3n) is 2.76. The molecule has 0 fully saturated rings. The van der Waals surface area contributed by atoms with Gasteiger partial charge in [0.25, 0.3) is 0 Å². The van der Waals surface area contributed by atoms with Gasteiger partial charge < -0.3 is 10.5 Å². The highest BCUT2D eigenvalue weighted by atomic mass is 32.1. The lowest BCUT2D eigenvalue weighted by atomic mass is 10.2. The fourth-order valence-corrected chi connectivity index (χ4v) is 2.64. The smallest absolute Gasteiger partial charge is 0.123 e. The van der Waals surface area contributed by atoms with Crippen LogP contribution in [-0.2, 0) is 6.54 Å². The summed E-state index contributed by atoms with van der Waals surface area (Å²) in [5, 5.41) is 1.02. The SMILES string of the molecule is Cc1nc(-c2ccc(OCC(C)C)cc2)sc1CN. The molecule has 0 aliphatic rings. The molecule has 1 aromatic heterocycles. The van der Waals surface area contributed by atoms with E-state index in [1.54, 1.807) is 11.3 Å². The Morgan fingerprint density at radius 3 is 2.47 bits per heavy atom. The predicted octanol–water partition coefficient (Wildman–Crippen LogP) is 3.61. The van der Waals surface area contributed by atoms with E-state index in [1.165, 1.54) is 0 Å². The van der Waals surface area contributed by atoms with Gasteiger partial charge in [-0.25, -0.2) is 4.98 Å². The molecule has 1 aromatic carbocycles. The maximum Gasteiger partial charge on any atom is 0.123 e. The molecular formula is C15H20N2OS. The normalized spacial score (nSPS) is 11.0. The Morgan fingerprint density at radius 2 is 1.95 bits per heavy atom. The molecule has 0 aliphatic heterocycles. The molecule has 2 N–H and O–H groups in total. The van der Waals surface area contributed by atoms with Crippen molar-refractivity contribution < 1.29 is 4.74 Å². The number of aryl methyl sites for hydroxylation is 1. The first-order valence-corrected chi connectivity index (χ1v) is 7.31. The molecule has 3 nitrogen and oxygen atoms in total. The molecule has 0 bridgehead atoms. The van der Waals surface area contributed by atoms with Crippen molar-refractivity contribution in [2.24, 2.45) is 11.7 Å². The molecule has 0 unspecified atom stereocenters. The van der Waals surface area contributed by atoms with Gasteiger partial charge in [0.15, 0.2) is 0 Å². The van der Waals surface area contributed by atoms with E-state index < -0.39 is 0 Å². The summed E-state index contributed by atoms with van der Waals surface area (Å²) in [4.78, 5) is 5.70. The molecule has 1 heterocycles. The van der Waals surface area contributed by atoms with Crippen molar-refractivity contribution in [1.82, 2.24) is 4.98 Å². The first kappa shape index (κ1) is 14.0. The van der Waals surface area contributed by atoms with Gasteiger partial charge in [0.1, 0.15) is 10.8 Å². The molecule has 2 aromatic rings. The molecule has 0 radical (unpaired) electrons. The fourth-order valence-electron chi connectivity index (χ4n) is 1.70. The molecule has 2 rings (SSSR count). The second-order valence-corrected chi connectivity index (χ2v) is 6.04. The van der Waals surface area contributed by atoms with E-state index in [9.17, 15) is 0 Å². The van der Waals surface area contributed by atoms with Crippen LogP contribution in [0.1, 0.15) is 24.4 Å². The van der Waals surface area contributed by atoms with Gasteiger partial charge in [-0.3, -0.25) is 0 Å². The Labute approximate surface area is 118 Å². The van der Waals surface area contributed by atoms with Gasteiger partial charge in [0, 0.05) is 17.0 Å². The second-order valence-electron chi connectivity index (χ2n) is 4.96. The summed E-state index contributed by atoms with van der Waals surface area (Å²) in [7, 11) is 0. The summed E-state index contributed by atoms with van der Waals surface area (Å²) in [5.74, 6) is 1.44. The van der Waals surface area contributed by atoms with E-state index in [-0.39, 0.29) is 0 Å². The number of nitrogens with two attached hydrogens (primary N) is 1. The highest BCUT2D eigenvalue weighted by Crippen LogP contribution is 2.28. The number of nitrogens with zero attached hydrogens (tertiary/aromatic N) is 1. The van der Waals surface area contributed by atoms with Crippen LogP contribution in [0.3, 0.4) is 0 Å². The Bertz CT molecular complexity index is 532. The van der Waals surface area contributed by atoms with Gasteiger partial charge in [-0.15, -0.1) is 11.3 Å². The van der Waals surface area contributed by atoms with Crippen LogP contribution in [0.4, 0.5) is 0 Å².